The summed E-state index contributed by atoms with van der Waals surface area (Å²) in [6.07, 6.45) is 41.9. The van der Waals surface area contributed by atoms with Crippen LogP contribution in [0.3, 0.4) is 0 Å². The van der Waals surface area contributed by atoms with E-state index in [4.69, 9.17) is 4.84 Å². The predicted octanol–water partition coefficient (Wildman–Crippen LogP) is 10.4. The summed E-state index contributed by atoms with van der Waals surface area (Å²) in [7, 11) is 0. The Kier molecular flexibility index (Phi) is 28.5. The number of hydrogen-bond donors (Lipinski definition) is 4. The summed E-state index contributed by atoms with van der Waals surface area (Å²) in [5.74, 6) is 3.10. The number of allylic oxidation sites excluding steroid dienone is 4. The molecule has 2 saturated heterocycles. The Morgan fingerprint density at radius 3 is 1.84 bits per heavy atom. The molecule has 4 unspecified atom stereocenters. The molecule has 5 amide bonds. The van der Waals surface area contributed by atoms with Gasteiger partial charge in [0.2, 0.25) is 5.91 Å². The minimum atomic E-state index is 0.0163. The van der Waals surface area contributed by atoms with Gasteiger partial charge in [-0.2, -0.15) is 0 Å². The summed E-state index contributed by atoms with van der Waals surface area (Å²) in [5.41, 5.74) is 3.08. The molecule has 334 valence electrons. The molecule has 4 atom stereocenters. The number of amides is 5. The van der Waals surface area contributed by atoms with Gasteiger partial charge in [0.15, 0.2) is 0 Å². The van der Waals surface area contributed by atoms with Crippen LogP contribution in [0.4, 0.5) is 9.59 Å². The minimum Gasteiger partial charge on any atom is -0.356 e. The largest absolute Gasteiger partial charge is 0.356 e. The molecule has 0 saturated carbocycles. The van der Waals surface area contributed by atoms with Crippen LogP contribution in [0.2, 0.25) is 0 Å². The van der Waals surface area contributed by atoms with Crippen molar-refractivity contribution in [3.05, 3.63) is 24.3 Å². The van der Waals surface area contributed by atoms with Gasteiger partial charge in [-0.3, -0.25) is 4.79 Å². The van der Waals surface area contributed by atoms with Gasteiger partial charge in [-0.15, -0.1) is 0 Å². The molecule has 1 aliphatic carbocycles. The zero-order valence-corrected chi connectivity index (χ0v) is 37.4. The van der Waals surface area contributed by atoms with Crippen molar-refractivity contribution in [3.63, 3.8) is 0 Å². The molecule has 2 aliphatic heterocycles. The van der Waals surface area contributed by atoms with Gasteiger partial charge in [-0.1, -0.05) is 134 Å². The number of hydrogen-bond acceptors (Lipinski definition) is 5. The van der Waals surface area contributed by atoms with Crippen molar-refractivity contribution in [1.29, 1.82) is 0 Å². The van der Waals surface area contributed by atoms with Crippen LogP contribution < -0.4 is 21.4 Å². The third-order valence-electron chi connectivity index (χ3n) is 12.8. The van der Waals surface area contributed by atoms with E-state index in [2.05, 4.69) is 59.6 Å². The van der Waals surface area contributed by atoms with Crippen LogP contribution in [0.25, 0.3) is 0 Å². The second kappa shape index (κ2) is 33.2. The molecule has 0 aromatic rings. The van der Waals surface area contributed by atoms with Crippen molar-refractivity contribution in [1.82, 2.24) is 31.2 Å². The molecule has 3 aliphatic rings. The predicted molar refractivity (Wildman–Crippen MR) is 241 cm³/mol. The average molecular weight is 813 g/mol. The molecule has 0 radical (unpaired) electrons. The van der Waals surface area contributed by atoms with Crippen LogP contribution in [0.1, 0.15) is 181 Å². The molecule has 3 rings (SSSR count). The third-order valence-corrected chi connectivity index (χ3v) is 12.8. The molecule has 58 heavy (non-hydrogen) atoms. The van der Waals surface area contributed by atoms with Crippen LogP contribution in [0.5, 0.6) is 0 Å². The number of unbranched alkanes of at least 4 members (excludes halogenated alkanes) is 15. The van der Waals surface area contributed by atoms with Crippen LogP contribution in [0, 0.1) is 23.7 Å². The van der Waals surface area contributed by atoms with Crippen LogP contribution >= 0.6 is 0 Å². The Morgan fingerprint density at radius 1 is 0.655 bits per heavy atom. The molecule has 0 bridgehead atoms. The average Bonchev–Trinajstić information content (AvgIpc) is 3.84. The molecule has 0 aromatic carbocycles. The first-order valence-electron chi connectivity index (χ1n) is 24.5. The lowest BCUT2D eigenvalue weighted by atomic mass is 9.65. The van der Waals surface area contributed by atoms with Crippen molar-refractivity contribution >= 4 is 18.0 Å². The quantitative estimate of drug-likeness (QED) is 0.0283. The number of nitrogens with one attached hydrogen (secondary N) is 4. The standard InChI is InChI=1S/C48H88N6O4/c1-3-5-7-9-14-20-28-44-42(26-18-8-6-4-2)31-32-43(27-19-13-10-11-17-23-41-58-52-34-25-38-54-40-36-51-48(54)57)45(44)29-21-15-12-16-22-30-46(55)49-33-24-37-53-39-35-50-47(53)56/h14,20,31-32,42-45,52H,3-13,15-19,21-30,33-41H2,1-2H3,(H,49,55)(H,50,56)(H,51,57). The summed E-state index contributed by atoms with van der Waals surface area (Å²) < 4.78 is 0. The SMILES string of the molecule is CCCCCC=CCC1C(CCCCCC)C=CC(CCCCCCCCONCCCN2CCNC2=O)C1CCCCCCCC(=O)NCCCN1CCNC1=O. The maximum Gasteiger partial charge on any atom is 0.317 e. The lowest BCUT2D eigenvalue weighted by Crippen LogP contribution is -2.32. The van der Waals surface area contributed by atoms with E-state index in [0.717, 1.165) is 89.8 Å². The zero-order chi connectivity index (χ0) is 41.3. The Bertz CT molecular complexity index is 1130. The maximum atomic E-state index is 12.4. The third kappa shape index (κ3) is 22.1. The van der Waals surface area contributed by atoms with Crippen molar-refractivity contribution in [2.24, 2.45) is 23.7 Å². The zero-order valence-electron chi connectivity index (χ0n) is 37.4. The van der Waals surface area contributed by atoms with Crippen LogP contribution in [-0.4, -0.2) is 86.7 Å². The fourth-order valence-corrected chi connectivity index (χ4v) is 9.27. The summed E-state index contributed by atoms with van der Waals surface area (Å²) in [6.45, 7) is 11.3. The van der Waals surface area contributed by atoms with E-state index in [1.807, 2.05) is 9.80 Å². The van der Waals surface area contributed by atoms with E-state index in [0.29, 0.717) is 31.3 Å². The molecule has 10 nitrogen and oxygen atoms in total. The number of nitrogens with zero attached hydrogens (tertiary/aromatic N) is 2. The van der Waals surface area contributed by atoms with Crippen LogP contribution in [0.15, 0.2) is 24.3 Å². The molecule has 2 heterocycles. The Labute approximate surface area is 355 Å². The Morgan fingerprint density at radius 2 is 1.21 bits per heavy atom. The van der Waals surface area contributed by atoms with Gasteiger partial charge in [0.25, 0.3) is 0 Å². The highest BCUT2D eigenvalue weighted by atomic mass is 16.6. The number of hydroxylamine groups is 1. The van der Waals surface area contributed by atoms with Crippen molar-refractivity contribution < 1.29 is 19.2 Å². The number of carbonyl (C=O) groups is 3. The first-order valence-corrected chi connectivity index (χ1v) is 24.5. The summed E-state index contributed by atoms with van der Waals surface area (Å²) in [4.78, 5) is 45.1. The summed E-state index contributed by atoms with van der Waals surface area (Å²) >= 11 is 0. The van der Waals surface area contributed by atoms with Crippen molar-refractivity contribution in [2.45, 2.75) is 181 Å². The first-order chi connectivity index (χ1) is 28.5. The number of carbonyl (C=O) groups excluding carboxylic acids is 3. The van der Waals surface area contributed by atoms with Crippen LogP contribution in [-0.2, 0) is 9.63 Å². The highest BCUT2D eigenvalue weighted by Crippen LogP contribution is 2.44. The molecule has 0 spiro atoms. The lowest BCUT2D eigenvalue weighted by Gasteiger charge is -2.40. The molecular formula is C48H88N6O4. The fraction of sp³-hybridized carbons (Fsp3) is 0.854. The number of urea groups is 2. The number of rotatable bonds is 37. The van der Waals surface area contributed by atoms with E-state index in [1.165, 1.54) is 128 Å². The normalized spacial score (nSPS) is 20.7. The van der Waals surface area contributed by atoms with Crippen molar-refractivity contribution in [3.8, 4) is 0 Å². The monoisotopic (exact) mass is 813 g/mol. The topological polar surface area (TPSA) is 115 Å². The van der Waals surface area contributed by atoms with Crippen molar-refractivity contribution in [2.75, 3.05) is 59.0 Å². The van der Waals surface area contributed by atoms with E-state index in [-0.39, 0.29) is 18.0 Å². The summed E-state index contributed by atoms with van der Waals surface area (Å²) in [5, 5.41) is 8.74. The van der Waals surface area contributed by atoms with Gasteiger partial charge in [0.05, 0.1) is 6.61 Å². The Hall–Kier alpha value is -2.59. The van der Waals surface area contributed by atoms with E-state index in [9.17, 15) is 14.4 Å². The molecule has 0 aromatic heterocycles. The highest BCUT2D eigenvalue weighted by molar-refractivity contribution is 5.77. The van der Waals surface area contributed by atoms with Gasteiger partial charge in [-0.25, -0.2) is 15.1 Å². The molecule has 10 heteroatoms. The lowest BCUT2D eigenvalue weighted by molar-refractivity contribution is -0.121. The second-order valence-corrected chi connectivity index (χ2v) is 17.5. The van der Waals surface area contributed by atoms with Gasteiger partial charge < -0.3 is 30.6 Å². The van der Waals surface area contributed by atoms with E-state index in [1.54, 1.807) is 0 Å². The van der Waals surface area contributed by atoms with E-state index < -0.39 is 0 Å². The maximum absolute atomic E-state index is 12.4. The summed E-state index contributed by atoms with van der Waals surface area (Å²) in [6, 6.07) is 0.0727. The smallest absolute Gasteiger partial charge is 0.317 e. The van der Waals surface area contributed by atoms with Gasteiger partial charge in [-0.05, 0) is 87.9 Å². The van der Waals surface area contributed by atoms with E-state index >= 15 is 0 Å². The highest BCUT2D eigenvalue weighted by Gasteiger charge is 2.34. The van der Waals surface area contributed by atoms with Gasteiger partial charge in [0, 0.05) is 58.8 Å². The molecule has 4 N–H and O–H groups in total. The fourth-order valence-electron chi connectivity index (χ4n) is 9.27. The first kappa shape index (κ1) is 49.8. The Balaban J connectivity index is 1.37. The molecular weight excluding hydrogens is 725 g/mol. The van der Waals surface area contributed by atoms with Gasteiger partial charge >= 0.3 is 12.1 Å². The molecule has 2 fully saturated rings. The van der Waals surface area contributed by atoms with Gasteiger partial charge in [0.1, 0.15) is 0 Å². The second-order valence-electron chi connectivity index (χ2n) is 17.5. The minimum absolute atomic E-state index is 0.0163.